The second-order valence-corrected chi connectivity index (χ2v) is 3.29. The molecule has 0 fully saturated rings. The van der Waals surface area contributed by atoms with E-state index < -0.39 is 5.60 Å². The van der Waals surface area contributed by atoms with E-state index in [1.54, 1.807) is 26.2 Å². The molecule has 0 saturated carbocycles. The van der Waals surface area contributed by atoms with Crippen LogP contribution in [0, 0.1) is 0 Å². The van der Waals surface area contributed by atoms with Crippen LogP contribution in [0.15, 0.2) is 24.3 Å². The number of hydrogen-bond acceptors (Lipinski definition) is 4. The van der Waals surface area contributed by atoms with Crippen LogP contribution in [0.5, 0.6) is 5.75 Å². The second-order valence-electron chi connectivity index (χ2n) is 3.29. The average molecular weight is 197 g/mol. The van der Waals surface area contributed by atoms with Crippen molar-refractivity contribution in [1.82, 2.24) is 0 Å². The van der Waals surface area contributed by atoms with Crippen molar-refractivity contribution in [2.45, 2.75) is 12.5 Å². The van der Waals surface area contributed by atoms with Crippen molar-refractivity contribution in [2.75, 3.05) is 13.7 Å². The van der Waals surface area contributed by atoms with Crippen LogP contribution in [-0.2, 0) is 10.4 Å². The number of benzene rings is 1. The summed E-state index contributed by atoms with van der Waals surface area (Å²) in [6.07, 6.45) is 0. The van der Waals surface area contributed by atoms with Crippen molar-refractivity contribution < 1.29 is 14.7 Å². The second kappa shape index (κ2) is 4.41. The van der Waals surface area contributed by atoms with Crippen LogP contribution >= 0.6 is 0 Å². The van der Waals surface area contributed by atoms with Gasteiger partial charge in [0.05, 0.1) is 7.11 Å². The van der Waals surface area contributed by atoms with E-state index in [0.29, 0.717) is 11.3 Å². The number of hydrogen-bond donors (Lipinski definition) is 2. The summed E-state index contributed by atoms with van der Waals surface area (Å²) in [5, 5.41) is 10.0. The van der Waals surface area contributed by atoms with Crippen molar-refractivity contribution in [3.05, 3.63) is 29.8 Å². The van der Waals surface area contributed by atoms with E-state index >= 15 is 0 Å². The first-order valence-electron chi connectivity index (χ1n) is 4.29. The molecule has 0 amide bonds. The lowest BCUT2D eigenvalue weighted by molar-refractivity contribution is -0.0399. The van der Waals surface area contributed by atoms with Gasteiger partial charge in [0.1, 0.15) is 18.0 Å². The van der Waals surface area contributed by atoms with Gasteiger partial charge in [0.25, 0.3) is 0 Å². The molecule has 1 aromatic rings. The minimum Gasteiger partial charge on any atom is -0.496 e. The van der Waals surface area contributed by atoms with E-state index in [4.69, 9.17) is 10.6 Å². The topological polar surface area (TPSA) is 64.7 Å². The Labute approximate surface area is 83.2 Å². The monoisotopic (exact) mass is 197 g/mol. The quantitative estimate of drug-likeness (QED) is 0.700. The molecular formula is C10H15NO3. The van der Waals surface area contributed by atoms with Gasteiger partial charge in [-0.1, -0.05) is 18.2 Å². The third kappa shape index (κ3) is 2.23. The number of aliphatic hydroxyl groups is 1. The summed E-state index contributed by atoms with van der Waals surface area (Å²) in [4.78, 5) is 4.45. The summed E-state index contributed by atoms with van der Waals surface area (Å²) >= 11 is 0. The summed E-state index contributed by atoms with van der Waals surface area (Å²) in [5.41, 5.74) is -0.477. The molecule has 0 radical (unpaired) electrons. The highest BCUT2D eigenvalue weighted by Crippen LogP contribution is 2.29. The lowest BCUT2D eigenvalue weighted by Crippen LogP contribution is -2.29. The van der Waals surface area contributed by atoms with Crippen molar-refractivity contribution in [2.24, 2.45) is 5.90 Å². The summed E-state index contributed by atoms with van der Waals surface area (Å²) in [5.74, 6) is 5.56. The molecule has 0 saturated heterocycles. The van der Waals surface area contributed by atoms with E-state index in [-0.39, 0.29) is 6.61 Å². The Morgan fingerprint density at radius 1 is 1.43 bits per heavy atom. The molecule has 0 aliphatic rings. The Bertz CT molecular complexity index is 299. The Balaban J connectivity index is 3.04. The minimum atomic E-state index is -1.14. The van der Waals surface area contributed by atoms with Crippen LogP contribution in [0.4, 0.5) is 0 Å². The molecule has 14 heavy (non-hydrogen) atoms. The van der Waals surface area contributed by atoms with E-state index in [1.165, 1.54) is 0 Å². The fraction of sp³-hybridized carbons (Fsp3) is 0.400. The number of methoxy groups -OCH3 is 1. The van der Waals surface area contributed by atoms with Crippen molar-refractivity contribution >= 4 is 0 Å². The van der Waals surface area contributed by atoms with E-state index in [1.807, 2.05) is 12.1 Å². The third-order valence-corrected chi connectivity index (χ3v) is 2.05. The Kier molecular flexibility index (Phi) is 3.46. The number of ether oxygens (including phenoxy) is 1. The molecule has 4 heteroatoms. The van der Waals surface area contributed by atoms with Crippen LogP contribution < -0.4 is 10.6 Å². The van der Waals surface area contributed by atoms with Crippen LogP contribution in [0.25, 0.3) is 0 Å². The predicted molar refractivity (Wildman–Crippen MR) is 52.7 cm³/mol. The van der Waals surface area contributed by atoms with Crippen LogP contribution in [0.3, 0.4) is 0 Å². The summed E-state index contributed by atoms with van der Waals surface area (Å²) in [6, 6.07) is 7.21. The minimum absolute atomic E-state index is 0.0212. The van der Waals surface area contributed by atoms with Crippen LogP contribution in [0.2, 0.25) is 0 Å². The first kappa shape index (κ1) is 11.0. The van der Waals surface area contributed by atoms with Gasteiger partial charge in [0.15, 0.2) is 0 Å². The molecule has 4 nitrogen and oxygen atoms in total. The first-order valence-corrected chi connectivity index (χ1v) is 4.29. The zero-order chi connectivity index (χ0) is 10.6. The van der Waals surface area contributed by atoms with Gasteiger partial charge in [-0.15, -0.1) is 0 Å². The molecule has 78 valence electrons. The smallest absolute Gasteiger partial charge is 0.125 e. The Hall–Kier alpha value is -1.10. The summed E-state index contributed by atoms with van der Waals surface area (Å²) in [7, 11) is 1.55. The SMILES string of the molecule is COc1ccccc1C(C)(O)CON. The maximum Gasteiger partial charge on any atom is 0.125 e. The predicted octanol–water partition coefficient (Wildman–Crippen LogP) is 0.793. The molecular weight excluding hydrogens is 182 g/mol. The Morgan fingerprint density at radius 3 is 2.64 bits per heavy atom. The summed E-state index contributed by atoms with van der Waals surface area (Å²) < 4.78 is 5.12. The Morgan fingerprint density at radius 2 is 2.07 bits per heavy atom. The zero-order valence-corrected chi connectivity index (χ0v) is 8.36. The van der Waals surface area contributed by atoms with Gasteiger partial charge in [-0.2, -0.15) is 0 Å². The molecule has 0 heterocycles. The fourth-order valence-corrected chi connectivity index (χ4v) is 1.33. The van der Waals surface area contributed by atoms with Crippen LogP contribution in [-0.4, -0.2) is 18.8 Å². The molecule has 0 aliphatic heterocycles. The average Bonchev–Trinajstić information content (AvgIpc) is 2.18. The van der Waals surface area contributed by atoms with Gasteiger partial charge in [-0.25, -0.2) is 5.90 Å². The molecule has 0 aliphatic carbocycles. The molecule has 0 aromatic heterocycles. The van der Waals surface area contributed by atoms with Gasteiger partial charge in [0.2, 0.25) is 0 Å². The first-order chi connectivity index (χ1) is 6.61. The highest BCUT2D eigenvalue weighted by atomic mass is 16.6. The van der Waals surface area contributed by atoms with Crippen LogP contribution in [0.1, 0.15) is 12.5 Å². The highest BCUT2D eigenvalue weighted by Gasteiger charge is 2.26. The summed E-state index contributed by atoms with van der Waals surface area (Å²) in [6.45, 7) is 1.64. The lowest BCUT2D eigenvalue weighted by atomic mass is 9.96. The lowest BCUT2D eigenvalue weighted by Gasteiger charge is -2.24. The molecule has 0 bridgehead atoms. The fourth-order valence-electron chi connectivity index (χ4n) is 1.33. The molecule has 3 N–H and O–H groups in total. The number of nitrogens with two attached hydrogens (primary N) is 1. The normalized spacial score (nSPS) is 14.9. The van der Waals surface area contributed by atoms with Crippen molar-refractivity contribution in [1.29, 1.82) is 0 Å². The zero-order valence-electron chi connectivity index (χ0n) is 8.36. The van der Waals surface area contributed by atoms with Crippen molar-refractivity contribution in [3.8, 4) is 5.75 Å². The van der Waals surface area contributed by atoms with Gasteiger partial charge in [0, 0.05) is 5.56 Å². The maximum atomic E-state index is 10.0. The highest BCUT2D eigenvalue weighted by molar-refractivity contribution is 5.37. The third-order valence-electron chi connectivity index (χ3n) is 2.05. The van der Waals surface area contributed by atoms with Gasteiger partial charge >= 0.3 is 0 Å². The molecule has 0 spiro atoms. The molecule has 1 unspecified atom stereocenters. The van der Waals surface area contributed by atoms with Crippen molar-refractivity contribution in [3.63, 3.8) is 0 Å². The number of rotatable bonds is 4. The van der Waals surface area contributed by atoms with Gasteiger partial charge in [-0.05, 0) is 13.0 Å². The van der Waals surface area contributed by atoms with E-state index in [0.717, 1.165) is 0 Å². The molecule has 1 aromatic carbocycles. The molecule has 1 rings (SSSR count). The van der Waals surface area contributed by atoms with Gasteiger partial charge in [-0.3, -0.25) is 0 Å². The largest absolute Gasteiger partial charge is 0.496 e. The van der Waals surface area contributed by atoms with E-state index in [9.17, 15) is 5.11 Å². The standard InChI is InChI=1S/C10H15NO3/c1-10(12,7-14-11)8-5-3-4-6-9(8)13-2/h3-6,12H,7,11H2,1-2H3. The van der Waals surface area contributed by atoms with E-state index in [2.05, 4.69) is 4.84 Å². The molecule has 1 atom stereocenters. The maximum absolute atomic E-state index is 10.0. The number of para-hydroxylation sites is 1. The van der Waals surface area contributed by atoms with Gasteiger partial charge < -0.3 is 14.7 Å².